The van der Waals surface area contributed by atoms with Crippen LogP contribution in [0.3, 0.4) is 0 Å². The van der Waals surface area contributed by atoms with Gasteiger partial charge in [0, 0.05) is 0 Å². The molecule has 3 aromatic rings. The summed E-state index contributed by atoms with van der Waals surface area (Å²) >= 11 is 0. The number of aryl methyl sites for hydroxylation is 1. The van der Waals surface area contributed by atoms with Crippen LogP contribution in [-0.4, -0.2) is 46.1 Å². The monoisotopic (exact) mass is 545 g/mol. The van der Waals surface area contributed by atoms with Crippen molar-refractivity contribution in [1.82, 2.24) is 5.48 Å². The second-order valence-electron chi connectivity index (χ2n) is 8.67. The lowest BCUT2D eigenvalue weighted by atomic mass is 9.99. The molecule has 198 valence electrons. The third-order valence-electron chi connectivity index (χ3n) is 6.23. The molecule has 0 saturated heterocycles. The lowest BCUT2D eigenvalue weighted by molar-refractivity contribution is -0.132. The first-order valence-corrected chi connectivity index (χ1v) is 15.0. The number of amides is 1. The van der Waals surface area contributed by atoms with E-state index in [4.69, 9.17) is 4.74 Å². The Bertz CT molecular complexity index is 1360. The summed E-state index contributed by atoms with van der Waals surface area (Å²) in [5.41, 5.74) is 2.58. The molecule has 0 saturated carbocycles. The van der Waals surface area contributed by atoms with E-state index >= 15 is 0 Å². The molecule has 3 aromatic carbocycles. The molecule has 0 spiro atoms. The molecule has 0 heterocycles. The Hall–Kier alpha value is -3.21. The van der Waals surface area contributed by atoms with Crippen LogP contribution in [0, 0.1) is 5.92 Å². The van der Waals surface area contributed by atoms with E-state index in [1.807, 2.05) is 30.3 Å². The summed E-state index contributed by atoms with van der Waals surface area (Å²) in [5.74, 6) is -2.93. The maximum Gasteiger partial charge on any atom is 0.248 e. The number of hydrogen-bond acceptors (Lipinski definition) is 7. The van der Waals surface area contributed by atoms with Gasteiger partial charge in [0.25, 0.3) is 0 Å². The molecule has 8 nitrogen and oxygen atoms in total. The molecule has 2 atom stereocenters. The maximum atomic E-state index is 13.8. The molecule has 0 radical (unpaired) electrons. The summed E-state index contributed by atoms with van der Waals surface area (Å²) in [5, 5.41) is 8.05. The van der Waals surface area contributed by atoms with E-state index in [1.54, 1.807) is 18.2 Å². The van der Waals surface area contributed by atoms with Gasteiger partial charge in [-0.3, -0.25) is 10.0 Å². The fourth-order valence-electron chi connectivity index (χ4n) is 4.23. The molecule has 10 heteroatoms. The Morgan fingerprint density at radius 3 is 2.00 bits per heavy atom. The summed E-state index contributed by atoms with van der Waals surface area (Å²) < 4.78 is 59.0. The summed E-state index contributed by atoms with van der Waals surface area (Å²) in [6.07, 6.45) is 1.80. The Balaban J connectivity index is 1.95. The first kappa shape index (κ1) is 28.4. The molecule has 0 fully saturated rings. The molecular weight excluding hydrogens is 514 g/mol. The van der Waals surface area contributed by atoms with Crippen LogP contribution in [0.2, 0.25) is 0 Å². The van der Waals surface area contributed by atoms with Gasteiger partial charge >= 0.3 is 0 Å². The van der Waals surface area contributed by atoms with Gasteiger partial charge in [0.05, 0.1) is 33.8 Å². The highest BCUT2D eigenvalue weighted by atomic mass is 32.2. The zero-order valence-corrected chi connectivity index (χ0v) is 22.1. The molecule has 0 aromatic heterocycles. The highest BCUT2D eigenvalue weighted by Crippen LogP contribution is 2.30. The number of nitrogens with one attached hydrogen (secondary N) is 1. The van der Waals surface area contributed by atoms with Gasteiger partial charge in [0.2, 0.25) is 5.91 Å². The Kier molecular flexibility index (Phi) is 9.85. The number of carbonyl (C=O) groups excluding carboxylic acids is 1. The van der Waals surface area contributed by atoms with E-state index in [2.05, 4.69) is 0 Å². The van der Waals surface area contributed by atoms with Gasteiger partial charge in [-0.25, -0.2) is 22.3 Å². The van der Waals surface area contributed by atoms with Crippen molar-refractivity contribution in [2.45, 2.75) is 40.7 Å². The molecule has 3 rings (SSSR count). The van der Waals surface area contributed by atoms with Gasteiger partial charge in [0.1, 0.15) is 5.75 Å². The summed E-state index contributed by atoms with van der Waals surface area (Å²) in [7, 11) is -6.76. The SMILES string of the molecule is COc1ccc(S(=O)(=O)[C@@H](CCCCc2ccccc2)[C@@H](CS(=O)(=O)c2ccccc2)C(=O)NO)cc1. The normalized spacial score (nSPS) is 13.5. The van der Waals surface area contributed by atoms with Crippen molar-refractivity contribution in [2.24, 2.45) is 5.92 Å². The Labute approximate surface area is 218 Å². The van der Waals surface area contributed by atoms with Crippen LogP contribution in [0.15, 0.2) is 94.7 Å². The maximum absolute atomic E-state index is 13.8. The predicted molar refractivity (Wildman–Crippen MR) is 140 cm³/mol. The largest absolute Gasteiger partial charge is 0.497 e. The van der Waals surface area contributed by atoms with Crippen LogP contribution in [0.25, 0.3) is 0 Å². The predicted octanol–water partition coefficient (Wildman–Crippen LogP) is 3.85. The van der Waals surface area contributed by atoms with Crippen molar-refractivity contribution >= 4 is 25.6 Å². The van der Waals surface area contributed by atoms with E-state index < -0.39 is 42.5 Å². The van der Waals surface area contributed by atoms with E-state index in [-0.39, 0.29) is 16.2 Å². The Morgan fingerprint density at radius 1 is 0.838 bits per heavy atom. The zero-order chi connectivity index (χ0) is 26.9. The first-order chi connectivity index (χ1) is 17.7. The van der Waals surface area contributed by atoms with E-state index in [1.165, 1.54) is 49.0 Å². The van der Waals surface area contributed by atoms with Gasteiger partial charge in [0.15, 0.2) is 19.7 Å². The van der Waals surface area contributed by atoms with Crippen LogP contribution >= 0.6 is 0 Å². The number of sulfone groups is 2. The molecule has 0 aliphatic heterocycles. The van der Waals surface area contributed by atoms with Crippen molar-refractivity contribution in [3.63, 3.8) is 0 Å². The molecular formula is C27H31NO7S2. The minimum absolute atomic E-state index is 0.0313. The van der Waals surface area contributed by atoms with Gasteiger partial charge in [-0.05, 0) is 61.2 Å². The highest BCUT2D eigenvalue weighted by molar-refractivity contribution is 7.92. The van der Waals surface area contributed by atoms with Crippen LogP contribution < -0.4 is 10.2 Å². The highest BCUT2D eigenvalue weighted by Gasteiger charge is 2.41. The quantitative estimate of drug-likeness (QED) is 0.190. The van der Waals surface area contributed by atoms with Crippen LogP contribution in [-0.2, 0) is 30.9 Å². The number of benzene rings is 3. The third kappa shape index (κ3) is 7.41. The first-order valence-electron chi connectivity index (χ1n) is 11.8. The number of carbonyl (C=O) groups is 1. The van der Waals surface area contributed by atoms with Crippen molar-refractivity contribution in [3.05, 3.63) is 90.5 Å². The van der Waals surface area contributed by atoms with Crippen molar-refractivity contribution in [2.75, 3.05) is 12.9 Å². The molecule has 0 bridgehead atoms. The number of ether oxygens (including phenoxy) is 1. The molecule has 2 N–H and O–H groups in total. The zero-order valence-electron chi connectivity index (χ0n) is 20.5. The fourth-order valence-corrected chi connectivity index (χ4v) is 7.96. The summed E-state index contributed by atoms with van der Waals surface area (Å²) in [4.78, 5) is 12.7. The summed E-state index contributed by atoms with van der Waals surface area (Å²) in [6, 6.07) is 22.9. The van der Waals surface area contributed by atoms with Crippen molar-refractivity contribution in [1.29, 1.82) is 0 Å². The minimum Gasteiger partial charge on any atom is -0.497 e. The van der Waals surface area contributed by atoms with E-state index in [0.717, 1.165) is 5.56 Å². The molecule has 0 aliphatic rings. The number of hydroxylamine groups is 1. The lowest BCUT2D eigenvalue weighted by Gasteiger charge is -2.26. The number of methoxy groups -OCH3 is 1. The number of hydrogen-bond donors (Lipinski definition) is 2. The van der Waals surface area contributed by atoms with Crippen molar-refractivity contribution < 1.29 is 31.6 Å². The van der Waals surface area contributed by atoms with Gasteiger partial charge in [-0.1, -0.05) is 55.0 Å². The topological polar surface area (TPSA) is 127 Å². The summed E-state index contributed by atoms with van der Waals surface area (Å²) in [6.45, 7) is 0. The van der Waals surface area contributed by atoms with Crippen molar-refractivity contribution in [3.8, 4) is 5.75 Å². The Morgan fingerprint density at radius 2 is 1.43 bits per heavy atom. The molecule has 1 amide bonds. The second-order valence-corrected chi connectivity index (χ2v) is 12.9. The van der Waals surface area contributed by atoms with Crippen LogP contribution in [0.5, 0.6) is 5.75 Å². The fraction of sp³-hybridized carbons (Fsp3) is 0.296. The molecule has 37 heavy (non-hydrogen) atoms. The van der Waals surface area contributed by atoms with Crippen LogP contribution in [0.1, 0.15) is 24.8 Å². The van der Waals surface area contributed by atoms with Gasteiger partial charge < -0.3 is 4.74 Å². The van der Waals surface area contributed by atoms with Gasteiger partial charge in [-0.15, -0.1) is 0 Å². The third-order valence-corrected chi connectivity index (χ3v) is 10.3. The smallest absolute Gasteiger partial charge is 0.248 e. The van der Waals surface area contributed by atoms with E-state index in [0.29, 0.717) is 25.0 Å². The number of rotatable bonds is 13. The second kappa shape index (κ2) is 12.8. The molecule has 0 unspecified atom stereocenters. The minimum atomic E-state index is -4.17. The van der Waals surface area contributed by atoms with Gasteiger partial charge in [-0.2, -0.15) is 0 Å². The van der Waals surface area contributed by atoms with Crippen LogP contribution in [0.4, 0.5) is 0 Å². The lowest BCUT2D eigenvalue weighted by Crippen LogP contribution is -2.44. The van der Waals surface area contributed by atoms with E-state index in [9.17, 15) is 26.8 Å². The standard InChI is InChI=1S/C27H31NO7S2/c1-35-22-16-18-24(19-17-22)37(33,34)26(15-9-8-12-21-10-4-2-5-11-21)25(27(29)28-30)20-36(31,32)23-13-6-3-7-14-23/h2-7,10-11,13-14,16-19,25-26,30H,8-9,12,15,20H2,1H3,(H,28,29)/t25-,26+/m1/s1. The number of unbranched alkanes of at least 4 members (excludes halogenated alkanes) is 1. The molecule has 0 aliphatic carbocycles. The average molecular weight is 546 g/mol. The average Bonchev–Trinajstić information content (AvgIpc) is 2.92.